The number of carbonyl (C=O) groups is 1. The van der Waals surface area contributed by atoms with E-state index in [0.29, 0.717) is 12.2 Å². The summed E-state index contributed by atoms with van der Waals surface area (Å²) in [4.78, 5) is 25.0. The fraction of sp³-hybridized carbons (Fsp3) is 0.321. The first-order chi connectivity index (χ1) is 16.2. The highest BCUT2D eigenvalue weighted by atomic mass is 16.2. The Morgan fingerprint density at radius 1 is 1.09 bits per heavy atom. The van der Waals surface area contributed by atoms with Crippen molar-refractivity contribution >= 4 is 22.6 Å². The van der Waals surface area contributed by atoms with Crippen LogP contribution in [0.2, 0.25) is 0 Å². The van der Waals surface area contributed by atoms with Gasteiger partial charge < -0.3 is 10.2 Å². The highest BCUT2D eigenvalue weighted by Gasteiger charge is 2.51. The Bertz CT molecular complexity index is 1390. The Labute approximate surface area is 193 Å². The first kappa shape index (κ1) is 19.0. The molecule has 0 bridgehead atoms. The van der Waals surface area contributed by atoms with Gasteiger partial charge in [-0.25, -0.2) is 4.98 Å². The van der Waals surface area contributed by atoms with Gasteiger partial charge in [0.2, 0.25) is 5.91 Å². The molecule has 2 aromatic heterocycles. The topological polar surface area (TPSA) is 58.1 Å². The molecule has 0 radical (unpaired) electrons. The molecule has 2 aliphatic carbocycles. The zero-order valence-electron chi connectivity index (χ0n) is 18.6. The second-order valence-electron chi connectivity index (χ2n) is 9.84. The van der Waals surface area contributed by atoms with Gasteiger partial charge in [-0.1, -0.05) is 24.3 Å². The quantitative estimate of drug-likeness (QED) is 0.628. The third-order valence-corrected chi connectivity index (χ3v) is 7.89. The highest BCUT2D eigenvalue weighted by Crippen LogP contribution is 2.47. The van der Waals surface area contributed by atoms with E-state index in [0.717, 1.165) is 54.5 Å². The van der Waals surface area contributed by atoms with Gasteiger partial charge in [0.15, 0.2) is 0 Å². The van der Waals surface area contributed by atoms with Crippen LogP contribution in [0.25, 0.3) is 10.9 Å². The normalized spacial score (nSPS) is 23.2. The van der Waals surface area contributed by atoms with Crippen LogP contribution in [0.4, 0.5) is 5.82 Å². The van der Waals surface area contributed by atoms with Crippen LogP contribution in [0.5, 0.6) is 0 Å². The largest absolute Gasteiger partial charge is 0.369 e. The minimum Gasteiger partial charge on any atom is -0.369 e. The number of amides is 1. The van der Waals surface area contributed by atoms with Crippen molar-refractivity contribution in [2.75, 3.05) is 11.9 Å². The van der Waals surface area contributed by atoms with Gasteiger partial charge in [-0.3, -0.25) is 9.78 Å². The molecule has 164 valence electrons. The van der Waals surface area contributed by atoms with E-state index in [9.17, 15) is 4.79 Å². The maximum atomic E-state index is 13.0. The van der Waals surface area contributed by atoms with Crippen molar-refractivity contribution in [3.05, 3.63) is 88.4 Å². The van der Waals surface area contributed by atoms with E-state index in [1.165, 1.54) is 35.2 Å². The summed E-state index contributed by atoms with van der Waals surface area (Å²) in [5.41, 5.74) is 8.16. The van der Waals surface area contributed by atoms with E-state index in [4.69, 9.17) is 4.98 Å². The number of rotatable bonds is 2. The van der Waals surface area contributed by atoms with Gasteiger partial charge in [-0.05, 0) is 79.5 Å². The third-order valence-electron chi connectivity index (χ3n) is 7.89. The van der Waals surface area contributed by atoms with Gasteiger partial charge >= 0.3 is 0 Å². The second kappa shape index (κ2) is 7.01. The summed E-state index contributed by atoms with van der Waals surface area (Å²) in [5.74, 6) is 0.786. The van der Waals surface area contributed by atoms with E-state index in [1.54, 1.807) is 6.20 Å². The van der Waals surface area contributed by atoms with Crippen molar-refractivity contribution < 1.29 is 4.79 Å². The number of fused-ring (bicyclic) bond motifs is 4. The molecule has 1 aromatic carbocycles. The lowest BCUT2D eigenvalue weighted by Crippen LogP contribution is -2.35. The fourth-order valence-electron chi connectivity index (χ4n) is 6.28. The SMILES string of the molecule is O=C1Nc2ncccc2C12Cc1cc3ccc(CN4CCCC5=C4CCC=C5)nc3cc1C2. The molecule has 7 rings (SSSR count). The van der Waals surface area contributed by atoms with Crippen molar-refractivity contribution in [2.24, 2.45) is 0 Å². The van der Waals surface area contributed by atoms with Gasteiger partial charge in [0.1, 0.15) is 5.82 Å². The average molecular weight is 435 g/mol. The number of pyridine rings is 2. The molecule has 2 aliphatic heterocycles. The van der Waals surface area contributed by atoms with Crippen LogP contribution in [0.3, 0.4) is 0 Å². The lowest BCUT2D eigenvalue weighted by Gasteiger charge is -2.34. The van der Waals surface area contributed by atoms with Gasteiger partial charge in [0.05, 0.1) is 23.2 Å². The van der Waals surface area contributed by atoms with Crippen molar-refractivity contribution in [1.82, 2.24) is 14.9 Å². The minimum absolute atomic E-state index is 0.0702. The summed E-state index contributed by atoms with van der Waals surface area (Å²) in [6.07, 6.45) is 12.5. The van der Waals surface area contributed by atoms with Crippen LogP contribution in [0, 0.1) is 0 Å². The molecular weight excluding hydrogens is 408 g/mol. The summed E-state index contributed by atoms with van der Waals surface area (Å²) in [6, 6.07) is 12.8. The molecule has 1 amide bonds. The van der Waals surface area contributed by atoms with Crippen molar-refractivity contribution in [3.8, 4) is 0 Å². The monoisotopic (exact) mass is 434 g/mol. The standard InChI is InChI=1S/C28H26N4O/c33-27-28(23-7-3-11-29-26(23)31-27)15-20-13-19-9-10-22(30-24(19)14-21(20)16-28)17-32-12-4-6-18-5-1-2-8-25(18)32/h1,3,5,7,9-11,13-14H,2,4,6,8,12,15-17H2,(H,29,31,33). The number of hydrogen-bond acceptors (Lipinski definition) is 4. The Kier molecular flexibility index (Phi) is 4.05. The zero-order valence-corrected chi connectivity index (χ0v) is 18.6. The fourth-order valence-corrected chi connectivity index (χ4v) is 6.28. The van der Waals surface area contributed by atoms with Crippen LogP contribution in [-0.2, 0) is 29.6 Å². The van der Waals surface area contributed by atoms with Gasteiger partial charge in [0.25, 0.3) is 0 Å². The molecule has 4 aliphatic rings. The molecule has 1 N–H and O–H groups in total. The number of aromatic nitrogens is 2. The third kappa shape index (κ3) is 2.88. The van der Waals surface area contributed by atoms with Crippen molar-refractivity contribution in [3.63, 3.8) is 0 Å². The minimum atomic E-state index is -0.530. The Hall–Kier alpha value is -3.47. The van der Waals surface area contributed by atoms with E-state index < -0.39 is 5.41 Å². The van der Waals surface area contributed by atoms with Crippen LogP contribution in [0.15, 0.2) is 66.0 Å². The van der Waals surface area contributed by atoms with E-state index >= 15 is 0 Å². The number of nitrogens with one attached hydrogen (secondary N) is 1. The first-order valence-electron chi connectivity index (χ1n) is 12.0. The van der Waals surface area contributed by atoms with Crippen LogP contribution in [-0.4, -0.2) is 27.3 Å². The Balaban J connectivity index is 1.22. The maximum Gasteiger partial charge on any atom is 0.237 e. The highest BCUT2D eigenvalue weighted by molar-refractivity contribution is 6.06. The van der Waals surface area contributed by atoms with Gasteiger partial charge in [-0.2, -0.15) is 0 Å². The van der Waals surface area contributed by atoms with Gasteiger partial charge in [-0.15, -0.1) is 0 Å². The first-order valence-corrected chi connectivity index (χ1v) is 12.0. The summed E-state index contributed by atoms with van der Waals surface area (Å²) >= 11 is 0. The van der Waals surface area contributed by atoms with E-state index in [1.807, 2.05) is 12.1 Å². The second-order valence-corrected chi connectivity index (χ2v) is 9.84. The lowest BCUT2D eigenvalue weighted by atomic mass is 9.79. The summed E-state index contributed by atoms with van der Waals surface area (Å²) < 4.78 is 0. The van der Waals surface area contributed by atoms with Crippen molar-refractivity contribution in [1.29, 1.82) is 0 Å². The predicted molar refractivity (Wildman–Crippen MR) is 129 cm³/mol. The molecule has 5 heteroatoms. The predicted octanol–water partition coefficient (Wildman–Crippen LogP) is 4.82. The summed E-state index contributed by atoms with van der Waals surface area (Å²) in [6.45, 7) is 1.98. The lowest BCUT2D eigenvalue weighted by molar-refractivity contribution is -0.120. The van der Waals surface area contributed by atoms with Crippen LogP contribution in [0.1, 0.15) is 48.1 Å². The molecular formula is C28H26N4O. The zero-order chi connectivity index (χ0) is 22.0. The van der Waals surface area contributed by atoms with Gasteiger partial charge in [0, 0.05) is 29.4 Å². The average Bonchev–Trinajstić information content (AvgIpc) is 3.34. The Morgan fingerprint density at radius 3 is 2.94 bits per heavy atom. The number of hydrogen-bond donors (Lipinski definition) is 1. The van der Waals surface area contributed by atoms with Crippen molar-refractivity contribution in [2.45, 2.75) is 50.5 Å². The number of allylic oxidation sites excluding steroid dienone is 4. The van der Waals surface area contributed by atoms with Crippen LogP contribution >= 0.6 is 0 Å². The number of carbonyl (C=O) groups excluding carboxylic acids is 1. The molecule has 4 heterocycles. The van der Waals surface area contributed by atoms with Crippen LogP contribution < -0.4 is 5.32 Å². The van der Waals surface area contributed by atoms with E-state index in [-0.39, 0.29) is 5.91 Å². The molecule has 33 heavy (non-hydrogen) atoms. The molecule has 3 aromatic rings. The summed E-state index contributed by atoms with van der Waals surface area (Å²) in [5, 5.41) is 4.16. The van der Waals surface area contributed by atoms with E-state index in [2.05, 4.69) is 51.6 Å². The molecule has 1 unspecified atom stereocenters. The Morgan fingerprint density at radius 2 is 2.00 bits per heavy atom. The number of nitrogens with zero attached hydrogens (tertiary/aromatic N) is 3. The molecule has 0 saturated carbocycles. The summed E-state index contributed by atoms with van der Waals surface area (Å²) in [7, 11) is 0. The number of benzene rings is 1. The number of anilines is 1. The molecule has 0 saturated heterocycles. The molecule has 5 nitrogen and oxygen atoms in total. The molecule has 0 fully saturated rings. The molecule has 1 spiro atoms. The molecule has 1 atom stereocenters. The smallest absolute Gasteiger partial charge is 0.237 e. The maximum absolute atomic E-state index is 13.0.